The highest BCUT2D eigenvalue weighted by molar-refractivity contribution is 7.99. The van der Waals surface area contributed by atoms with Crippen molar-refractivity contribution in [2.45, 2.75) is 10.9 Å². The molecule has 2 amide bonds. The number of nitrogens with one attached hydrogen (secondary N) is 1. The summed E-state index contributed by atoms with van der Waals surface area (Å²) in [5.74, 6) is -0.443. The lowest BCUT2D eigenvalue weighted by Crippen LogP contribution is -2.52. The van der Waals surface area contributed by atoms with E-state index >= 15 is 0 Å². The first kappa shape index (κ1) is 22.6. The number of benzene rings is 2. The van der Waals surface area contributed by atoms with E-state index in [9.17, 15) is 22.4 Å². The fourth-order valence-corrected chi connectivity index (χ4v) is 5.81. The first-order valence-electron chi connectivity index (χ1n) is 9.99. The largest absolute Gasteiger partial charge is 0.378 e. The summed E-state index contributed by atoms with van der Waals surface area (Å²) in [7, 11) is -4.12. The molecule has 32 heavy (non-hydrogen) atoms. The number of carbonyl (C=O) groups excluding carboxylic acids is 2. The van der Waals surface area contributed by atoms with Gasteiger partial charge >= 0.3 is 0 Å². The normalized spacial score (nSPS) is 19.1. The molecular formula is C21H22FN3O5S2. The third-order valence-electron chi connectivity index (χ3n) is 5.26. The van der Waals surface area contributed by atoms with Crippen molar-refractivity contribution in [1.29, 1.82) is 0 Å². The molecule has 0 aliphatic carbocycles. The highest BCUT2D eigenvalue weighted by Crippen LogP contribution is 2.26. The smallest absolute Gasteiger partial charge is 0.262 e. The van der Waals surface area contributed by atoms with Gasteiger partial charge in [-0.15, -0.1) is 11.8 Å². The Kier molecular flexibility index (Phi) is 6.68. The molecule has 2 saturated heterocycles. The molecule has 2 heterocycles. The van der Waals surface area contributed by atoms with Crippen LogP contribution in [-0.4, -0.2) is 74.0 Å². The maximum absolute atomic E-state index is 13.9. The van der Waals surface area contributed by atoms with Gasteiger partial charge in [-0.25, -0.2) is 12.8 Å². The van der Waals surface area contributed by atoms with E-state index in [0.29, 0.717) is 37.9 Å². The fraction of sp³-hybridized carbons (Fsp3) is 0.333. The van der Waals surface area contributed by atoms with Crippen LogP contribution in [0.5, 0.6) is 0 Å². The average Bonchev–Trinajstić information content (AvgIpc) is 3.30. The number of hydrogen-bond acceptors (Lipinski definition) is 6. The lowest BCUT2D eigenvalue weighted by Gasteiger charge is -2.32. The molecule has 1 atom stereocenters. The number of sulfonamides is 1. The summed E-state index contributed by atoms with van der Waals surface area (Å²) in [4.78, 5) is 29.1. The van der Waals surface area contributed by atoms with Gasteiger partial charge in [0, 0.05) is 24.4 Å². The predicted octanol–water partition coefficient (Wildman–Crippen LogP) is 2.00. The summed E-state index contributed by atoms with van der Waals surface area (Å²) in [6.07, 6.45) is 0. The van der Waals surface area contributed by atoms with Crippen LogP contribution >= 0.6 is 11.8 Å². The number of nitrogens with zero attached hydrogens (tertiary/aromatic N) is 2. The van der Waals surface area contributed by atoms with Crippen molar-refractivity contribution < 1.29 is 27.1 Å². The van der Waals surface area contributed by atoms with Gasteiger partial charge in [0.15, 0.2) is 0 Å². The minimum atomic E-state index is -4.12. The number of para-hydroxylation sites is 1. The Balaban J connectivity index is 1.54. The van der Waals surface area contributed by atoms with E-state index in [1.54, 1.807) is 4.90 Å². The van der Waals surface area contributed by atoms with Crippen LogP contribution in [0.1, 0.15) is 10.4 Å². The molecule has 2 aromatic carbocycles. The lowest BCUT2D eigenvalue weighted by molar-refractivity contribution is -0.138. The molecule has 4 rings (SSSR count). The molecule has 1 unspecified atom stereocenters. The number of rotatable bonds is 5. The van der Waals surface area contributed by atoms with E-state index in [-0.39, 0.29) is 22.1 Å². The van der Waals surface area contributed by atoms with Crippen molar-refractivity contribution in [3.63, 3.8) is 0 Å². The number of thioether (sulfide) groups is 1. The maximum atomic E-state index is 13.9. The van der Waals surface area contributed by atoms with Gasteiger partial charge < -0.3 is 14.5 Å². The minimum Gasteiger partial charge on any atom is -0.378 e. The quantitative estimate of drug-likeness (QED) is 0.705. The number of amides is 2. The Morgan fingerprint density at radius 1 is 1.09 bits per heavy atom. The predicted molar refractivity (Wildman–Crippen MR) is 118 cm³/mol. The summed E-state index contributed by atoms with van der Waals surface area (Å²) >= 11 is 1.47. The topological polar surface area (TPSA) is 96.0 Å². The first-order chi connectivity index (χ1) is 15.4. The maximum Gasteiger partial charge on any atom is 0.262 e. The van der Waals surface area contributed by atoms with E-state index < -0.39 is 27.8 Å². The van der Waals surface area contributed by atoms with Crippen molar-refractivity contribution >= 4 is 39.3 Å². The second-order valence-corrected chi connectivity index (χ2v) is 10.0. The molecule has 2 aliphatic heterocycles. The van der Waals surface area contributed by atoms with Crippen LogP contribution in [0, 0.1) is 5.82 Å². The average molecular weight is 480 g/mol. The zero-order valence-electron chi connectivity index (χ0n) is 17.1. The number of morpholine rings is 1. The fourth-order valence-electron chi connectivity index (χ4n) is 3.55. The Morgan fingerprint density at radius 2 is 1.84 bits per heavy atom. The molecule has 1 N–H and O–H groups in total. The second kappa shape index (κ2) is 9.47. The van der Waals surface area contributed by atoms with Crippen LogP contribution in [0.3, 0.4) is 0 Å². The number of hydrogen-bond donors (Lipinski definition) is 1. The lowest BCUT2D eigenvalue weighted by atomic mass is 10.1. The van der Waals surface area contributed by atoms with Gasteiger partial charge in [0.05, 0.1) is 29.7 Å². The summed E-state index contributed by atoms with van der Waals surface area (Å²) in [5.41, 5.74) is -0.0416. The van der Waals surface area contributed by atoms with Crippen LogP contribution in [0.25, 0.3) is 0 Å². The van der Waals surface area contributed by atoms with Gasteiger partial charge in [-0.2, -0.15) is 0 Å². The second-order valence-electron chi connectivity index (χ2n) is 7.34. The van der Waals surface area contributed by atoms with E-state index in [2.05, 4.69) is 4.72 Å². The Morgan fingerprint density at radius 3 is 2.59 bits per heavy atom. The van der Waals surface area contributed by atoms with Gasteiger partial charge in [0.1, 0.15) is 11.9 Å². The third-order valence-corrected chi connectivity index (χ3v) is 7.64. The van der Waals surface area contributed by atoms with Crippen molar-refractivity contribution in [1.82, 2.24) is 9.80 Å². The monoisotopic (exact) mass is 479 g/mol. The summed E-state index contributed by atoms with van der Waals surface area (Å²) in [6.45, 7) is 1.90. The van der Waals surface area contributed by atoms with E-state index in [1.165, 1.54) is 59.1 Å². The van der Waals surface area contributed by atoms with Gasteiger partial charge in [0.25, 0.3) is 15.9 Å². The molecule has 0 spiro atoms. The molecule has 0 bridgehead atoms. The van der Waals surface area contributed by atoms with Crippen LogP contribution in [-0.2, 0) is 19.6 Å². The van der Waals surface area contributed by atoms with E-state index in [1.807, 2.05) is 0 Å². The summed E-state index contributed by atoms with van der Waals surface area (Å²) in [5, 5.41) is 0. The highest BCUT2D eigenvalue weighted by Gasteiger charge is 2.38. The molecule has 8 nitrogen and oxygen atoms in total. The van der Waals surface area contributed by atoms with Crippen molar-refractivity contribution in [2.24, 2.45) is 0 Å². The van der Waals surface area contributed by atoms with Crippen LogP contribution in [0.4, 0.5) is 10.1 Å². The Bertz CT molecular complexity index is 1120. The van der Waals surface area contributed by atoms with Crippen LogP contribution in [0.2, 0.25) is 0 Å². The van der Waals surface area contributed by atoms with Crippen molar-refractivity contribution in [3.05, 3.63) is 59.9 Å². The van der Waals surface area contributed by atoms with Crippen molar-refractivity contribution in [3.8, 4) is 0 Å². The zero-order chi connectivity index (χ0) is 22.7. The molecule has 2 aromatic rings. The number of anilines is 1. The standard InChI is InChI=1S/C21H22FN3O5S2/c22-17-6-1-2-7-18(17)23-32(28,29)16-5-3-4-15(12-16)20(26)25-14-31-13-19(25)21(27)24-8-10-30-11-9-24/h1-7,12,19,23H,8-11,13-14H2. The summed E-state index contributed by atoms with van der Waals surface area (Å²) in [6, 6.07) is 10.3. The molecule has 0 saturated carbocycles. The molecule has 170 valence electrons. The van der Waals surface area contributed by atoms with Gasteiger partial charge in [0.2, 0.25) is 5.91 Å². The van der Waals surface area contributed by atoms with Crippen LogP contribution < -0.4 is 4.72 Å². The third kappa shape index (κ3) is 4.74. The van der Waals surface area contributed by atoms with Gasteiger partial charge in [-0.3, -0.25) is 14.3 Å². The molecule has 2 fully saturated rings. The minimum absolute atomic E-state index is 0.128. The number of carbonyl (C=O) groups is 2. The SMILES string of the molecule is O=C(C1CSCN1C(=O)c1cccc(S(=O)(=O)Nc2ccccc2F)c1)N1CCOCC1. The Hall–Kier alpha value is -2.63. The van der Waals surface area contributed by atoms with E-state index in [0.717, 1.165) is 6.07 Å². The number of ether oxygens (including phenoxy) is 1. The Labute approximate surface area is 189 Å². The van der Waals surface area contributed by atoms with Crippen molar-refractivity contribution in [2.75, 3.05) is 42.7 Å². The molecule has 0 aromatic heterocycles. The summed E-state index contributed by atoms with van der Waals surface area (Å²) < 4.78 is 46.9. The highest BCUT2D eigenvalue weighted by atomic mass is 32.2. The zero-order valence-corrected chi connectivity index (χ0v) is 18.7. The van der Waals surface area contributed by atoms with Crippen LogP contribution in [0.15, 0.2) is 53.4 Å². The molecule has 11 heteroatoms. The van der Waals surface area contributed by atoms with Gasteiger partial charge in [-0.05, 0) is 30.3 Å². The molecule has 0 radical (unpaired) electrons. The van der Waals surface area contributed by atoms with E-state index in [4.69, 9.17) is 4.74 Å². The first-order valence-corrected chi connectivity index (χ1v) is 12.6. The molecule has 2 aliphatic rings. The number of halogens is 1. The van der Waals surface area contributed by atoms with Gasteiger partial charge in [-0.1, -0.05) is 18.2 Å². The molecular weight excluding hydrogens is 457 g/mol.